The van der Waals surface area contributed by atoms with Crippen LogP contribution in [0.4, 0.5) is 0 Å². The summed E-state index contributed by atoms with van der Waals surface area (Å²) in [6, 6.07) is 9.58. The number of rotatable bonds is 11. The standard InChI is InChI=1S/C21H30N4O.ClH/c1-5-12-18(13-6-2)20-22-25(19-14-10-9-11-15-19)21(26)24(20)17-16-23(7-3)8-4;/h5-6,9-11,14-15,18H,1-2,7-8,12-13,16-17H2,3-4H3;1H. The second-order valence-electron chi connectivity index (χ2n) is 6.31. The molecular formula is C21H31ClN4O. The Kier molecular flexibility index (Phi) is 9.83. The third-order valence-corrected chi connectivity index (χ3v) is 4.69. The van der Waals surface area contributed by atoms with Gasteiger partial charge in [-0.1, -0.05) is 44.2 Å². The first-order valence-electron chi connectivity index (χ1n) is 9.35. The van der Waals surface area contributed by atoms with Crippen molar-refractivity contribution >= 4 is 12.4 Å². The summed E-state index contributed by atoms with van der Waals surface area (Å²) >= 11 is 0. The highest BCUT2D eigenvalue weighted by molar-refractivity contribution is 5.85. The summed E-state index contributed by atoms with van der Waals surface area (Å²) in [6.45, 7) is 15.4. The van der Waals surface area contributed by atoms with Crippen LogP contribution in [0.15, 0.2) is 60.4 Å². The molecule has 2 aromatic rings. The zero-order valence-electron chi connectivity index (χ0n) is 16.4. The number of likely N-dealkylation sites (N-methyl/N-ethyl adjacent to an activating group) is 1. The molecule has 2 rings (SSSR count). The molecule has 0 aliphatic heterocycles. The monoisotopic (exact) mass is 390 g/mol. The molecule has 1 heterocycles. The van der Waals surface area contributed by atoms with Crippen LogP contribution in [-0.4, -0.2) is 38.9 Å². The molecule has 27 heavy (non-hydrogen) atoms. The minimum Gasteiger partial charge on any atom is -0.302 e. The number of halogens is 1. The number of benzene rings is 1. The molecule has 0 fully saturated rings. The van der Waals surface area contributed by atoms with Gasteiger partial charge in [0.05, 0.1) is 5.69 Å². The fourth-order valence-corrected chi connectivity index (χ4v) is 3.15. The van der Waals surface area contributed by atoms with Gasteiger partial charge in [0.2, 0.25) is 0 Å². The molecule has 1 aromatic carbocycles. The molecule has 0 saturated heterocycles. The van der Waals surface area contributed by atoms with Crippen LogP contribution < -0.4 is 5.69 Å². The molecule has 0 aliphatic carbocycles. The molecule has 148 valence electrons. The maximum Gasteiger partial charge on any atom is 0.350 e. The summed E-state index contributed by atoms with van der Waals surface area (Å²) in [7, 11) is 0. The van der Waals surface area contributed by atoms with E-state index in [1.807, 2.05) is 47.1 Å². The van der Waals surface area contributed by atoms with Gasteiger partial charge in [0, 0.05) is 19.0 Å². The largest absolute Gasteiger partial charge is 0.350 e. The Morgan fingerprint density at radius 2 is 1.70 bits per heavy atom. The molecule has 0 aliphatic rings. The molecule has 0 unspecified atom stereocenters. The Morgan fingerprint density at radius 3 is 2.22 bits per heavy atom. The van der Waals surface area contributed by atoms with E-state index in [0.717, 1.165) is 44.0 Å². The quantitative estimate of drug-likeness (QED) is 0.544. The minimum atomic E-state index is -0.0866. The topological polar surface area (TPSA) is 43.1 Å². The third-order valence-electron chi connectivity index (χ3n) is 4.69. The van der Waals surface area contributed by atoms with E-state index in [4.69, 9.17) is 5.10 Å². The lowest BCUT2D eigenvalue weighted by Gasteiger charge is -2.19. The van der Waals surface area contributed by atoms with Gasteiger partial charge < -0.3 is 4.90 Å². The summed E-state index contributed by atoms with van der Waals surface area (Å²) in [5.74, 6) is 0.921. The summed E-state index contributed by atoms with van der Waals surface area (Å²) < 4.78 is 3.33. The molecule has 6 heteroatoms. The van der Waals surface area contributed by atoms with Crippen LogP contribution in [0.25, 0.3) is 5.69 Å². The predicted octanol–water partition coefficient (Wildman–Crippen LogP) is 4.03. The van der Waals surface area contributed by atoms with E-state index in [1.165, 1.54) is 4.68 Å². The van der Waals surface area contributed by atoms with Crippen molar-refractivity contribution in [3.63, 3.8) is 0 Å². The average Bonchev–Trinajstić information content (AvgIpc) is 2.99. The Hall–Kier alpha value is -2.11. The third kappa shape index (κ3) is 5.68. The van der Waals surface area contributed by atoms with Crippen LogP contribution in [0, 0.1) is 0 Å². The second-order valence-corrected chi connectivity index (χ2v) is 6.31. The van der Waals surface area contributed by atoms with Crippen LogP contribution in [0.2, 0.25) is 0 Å². The zero-order valence-corrected chi connectivity index (χ0v) is 17.2. The van der Waals surface area contributed by atoms with Crippen molar-refractivity contribution in [3.8, 4) is 5.69 Å². The van der Waals surface area contributed by atoms with Gasteiger partial charge in [0.1, 0.15) is 5.82 Å². The molecule has 0 spiro atoms. The van der Waals surface area contributed by atoms with E-state index in [-0.39, 0.29) is 24.0 Å². The summed E-state index contributed by atoms with van der Waals surface area (Å²) in [5, 5.41) is 4.70. The maximum atomic E-state index is 13.1. The highest BCUT2D eigenvalue weighted by atomic mass is 35.5. The van der Waals surface area contributed by atoms with Gasteiger partial charge in [-0.3, -0.25) is 4.57 Å². The molecule has 0 atom stereocenters. The van der Waals surface area contributed by atoms with Crippen molar-refractivity contribution < 1.29 is 0 Å². The fourth-order valence-electron chi connectivity index (χ4n) is 3.15. The molecule has 0 saturated carbocycles. The molecule has 0 radical (unpaired) electrons. The van der Waals surface area contributed by atoms with E-state index >= 15 is 0 Å². The number of para-hydroxylation sites is 1. The van der Waals surface area contributed by atoms with Crippen molar-refractivity contribution in [3.05, 3.63) is 72.0 Å². The van der Waals surface area contributed by atoms with Crippen LogP contribution >= 0.6 is 12.4 Å². The number of nitrogens with zero attached hydrogens (tertiary/aromatic N) is 4. The number of allylic oxidation sites excluding steroid dienone is 2. The van der Waals surface area contributed by atoms with Crippen molar-refractivity contribution in [1.82, 2.24) is 19.2 Å². The Bertz CT molecular complexity index is 752. The Morgan fingerprint density at radius 1 is 1.11 bits per heavy atom. The fraction of sp³-hybridized carbons (Fsp3) is 0.429. The van der Waals surface area contributed by atoms with Crippen LogP contribution in [0.3, 0.4) is 0 Å². The van der Waals surface area contributed by atoms with Crippen molar-refractivity contribution in [2.45, 2.75) is 39.2 Å². The number of hydrogen-bond donors (Lipinski definition) is 0. The smallest absolute Gasteiger partial charge is 0.302 e. The van der Waals surface area contributed by atoms with Crippen molar-refractivity contribution in [1.29, 1.82) is 0 Å². The first kappa shape index (κ1) is 22.9. The molecular weight excluding hydrogens is 360 g/mol. The van der Waals surface area contributed by atoms with Crippen LogP contribution in [0.1, 0.15) is 38.4 Å². The van der Waals surface area contributed by atoms with Gasteiger partial charge in [-0.05, 0) is 38.1 Å². The number of aromatic nitrogens is 3. The maximum absolute atomic E-state index is 13.1. The second kappa shape index (κ2) is 11.6. The van der Waals surface area contributed by atoms with Crippen LogP contribution in [-0.2, 0) is 6.54 Å². The van der Waals surface area contributed by atoms with Gasteiger partial charge in [0.25, 0.3) is 0 Å². The zero-order chi connectivity index (χ0) is 18.9. The predicted molar refractivity (Wildman–Crippen MR) is 115 cm³/mol. The molecule has 5 nitrogen and oxygen atoms in total. The van der Waals surface area contributed by atoms with Gasteiger partial charge in [0.15, 0.2) is 0 Å². The summed E-state index contributed by atoms with van der Waals surface area (Å²) in [6.07, 6.45) is 5.30. The SMILES string of the molecule is C=CCC(CC=C)c1nn(-c2ccccc2)c(=O)n1CCN(CC)CC.Cl. The summed E-state index contributed by atoms with van der Waals surface area (Å²) in [4.78, 5) is 15.4. The van der Waals surface area contributed by atoms with Gasteiger partial charge in [-0.25, -0.2) is 4.79 Å². The highest BCUT2D eigenvalue weighted by Crippen LogP contribution is 2.22. The van der Waals surface area contributed by atoms with Gasteiger partial charge >= 0.3 is 5.69 Å². The van der Waals surface area contributed by atoms with E-state index < -0.39 is 0 Å². The van der Waals surface area contributed by atoms with E-state index in [2.05, 4.69) is 31.9 Å². The lowest BCUT2D eigenvalue weighted by molar-refractivity contribution is 0.286. The van der Waals surface area contributed by atoms with E-state index in [9.17, 15) is 4.79 Å². The Labute approximate surface area is 168 Å². The van der Waals surface area contributed by atoms with Gasteiger partial charge in [-0.2, -0.15) is 4.68 Å². The Balaban J connectivity index is 0.00000364. The summed E-state index contributed by atoms with van der Waals surface area (Å²) in [5.41, 5.74) is 0.702. The van der Waals surface area contributed by atoms with E-state index in [1.54, 1.807) is 0 Å². The normalized spacial score (nSPS) is 10.8. The van der Waals surface area contributed by atoms with E-state index in [0.29, 0.717) is 6.54 Å². The first-order valence-corrected chi connectivity index (χ1v) is 9.35. The van der Waals surface area contributed by atoms with Gasteiger partial charge in [-0.15, -0.1) is 30.7 Å². The lowest BCUT2D eigenvalue weighted by Crippen LogP contribution is -2.32. The number of hydrogen-bond acceptors (Lipinski definition) is 3. The van der Waals surface area contributed by atoms with Crippen molar-refractivity contribution in [2.75, 3.05) is 19.6 Å². The average molecular weight is 391 g/mol. The first-order chi connectivity index (χ1) is 12.7. The molecule has 1 aromatic heterocycles. The van der Waals surface area contributed by atoms with Crippen molar-refractivity contribution in [2.24, 2.45) is 0 Å². The van der Waals surface area contributed by atoms with Crippen LogP contribution in [0.5, 0.6) is 0 Å². The highest BCUT2D eigenvalue weighted by Gasteiger charge is 2.21. The molecule has 0 N–H and O–H groups in total. The minimum absolute atomic E-state index is 0. The lowest BCUT2D eigenvalue weighted by atomic mass is 10.0. The molecule has 0 amide bonds. The molecule has 0 bridgehead atoms.